The fourth-order valence-electron chi connectivity index (χ4n) is 12.1. The van der Waals surface area contributed by atoms with Crippen molar-refractivity contribution in [2.24, 2.45) is 122 Å². The van der Waals surface area contributed by atoms with Gasteiger partial charge in [0.2, 0.25) is 70.9 Å². The summed E-state index contributed by atoms with van der Waals surface area (Å²) in [5.74, 6) is -13.4. The van der Waals surface area contributed by atoms with Gasteiger partial charge in [0.1, 0.15) is 66.5 Å². The maximum absolute atomic E-state index is 14.9. The highest BCUT2D eigenvalue weighted by atomic mass is 16.4. The van der Waals surface area contributed by atoms with Gasteiger partial charge in [-0.05, 0) is 161 Å². The minimum absolute atomic E-state index is 0.00205. The monoisotopic (exact) mass is 1590 g/mol. The largest absolute Gasteiger partial charge is 0.480 e. The Bertz CT molecular complexity index is 3260. The number of unbranched alkanes of at least 4 members (excludes halogenated alkanes) is 2. The first-order valence-corrected chi connectivity index (χ1v) is 37.4. The van der Waals surface area contributed by atoms with Crippen molar-refractivity contribution in [3.63, 3.8) is 0 Å². The summed E-state index contributed by atoms with van der Waals surface area (Å²) >= 11 is 0. The van der Waals surface area contributed by atoms with Crippen LogP contribution in [0.15, 0.2) is 30.0 Å². The zero-order valence-electron chi connectivity index (χ0n) is 63.7. The van der Waals surface area contributed by atoms with Gasteiger partial charge in [-0.15, -0.1) is 0 Å². The molecule has 0 spiro atoms. The Labute approximate surface area is 649 Å². The third kappa shape index (κ3) is 38.8. The van der Waals surface area contributed by atoms with Gasteiger partial charge in [-0.25, -0.2) is 4.79 Å². The van der Waals surface area contributed by atoms with Gasteiger partial charge in [-0.1, -0.05) is 0 Å². The second-order valence-corrected chi connectivity index (χ2v) is 26.8. The van der Waals surface area contributed by atoms with Crippen molar-refractivity contribution in [3.05, 3.63) is 0 Å². The summed E-state index contributed by atoms with van der Waals surface area (Å²) in [6.45, 7) is -0.107. The number of aliphatic imine (C=N–C) groups is 6. The smallest absolute Gasteiger partial charge is 0.326 e. The second kappa shape index (κ2) is 53.5. The second-order valence-electron chi connectivity index (χ2n) is 26.8. The molecule has 2 rings (SSSR count). The number of rotatable bonds is 56. The number of nitrogens with one attached hydrogen (secondary N) is 9. The number of hydrogen-bond acceptors (Lipinski definition) is 22. The molecule has 632 valence electrons. The van der Waals surface area contributed by atoms with Crippen molar-refractivity contribution >= 4 is 113 Å². The van der Waals surface area contributed by atoms with Crippen molar-refractivity contribution < 1.29 is 67.4 Å². The highest BCUT2D eigenvalue weighted by Crippen LogP contribution is 2.27. The van der Waals surface area contributed by atoms with Gasteiger partial charge < -0.3 is 154 Å². The molecular weight excluding hydrogens is 1470 g/mol. The summed E-state index contributed by atoms with van der Waals surface area (Å²) in [6, 6.07) is -15.6. The van der Waals surface area contributed by atoms with Crippen LogP contribution in [-0.2, 0) is 62.3 Å². The lowest BCUT2D eigenvalue weighted by Gasteiger charge is -2.33. The molecule has 11 atom stereocenters. The van der Waals surface area contributed by atoms with E-state index in [2.05, 4.69) is 77.8 Å². The fraction of sp³-hybridized carbons (Fsp3) is 0.708. The first kappa shape index (κ1) is 96.7. The molecular formula is C65H123N33O14. The first-order valence-electron chi connectivity index (χ1n) is 37.4. The highest BCUT2D eigenvalue weighted by molar-refractivity contribution is 6.00. The lowest BCUT2D eigenvalue weighted by Crippen LogP contribution is -2.60. The van der Waals surface area contributed by atoms with E-state index >= 15 is 0 Å². The number of likely N-dealkylation sites (tertiary alicyclic amines) is 2. The van der Waals surface area contributed by atoms with Crippen LogP contribution in [0.3, 0.4) is 0 Å². The number of nitrogens with two attached hydrogens (primary N) is 16. The van der Waals surface area contributed by atoms with E-state index in [1.165, 1.54) is 9.80 Å². The van der Waals surface area contributed by atoms with Gasteiger partial charge in [0.15, 0.2) is 35.8 Å². The SMILES string of the molecule is NCCCC[C@H](NC(=O)[C@H](CCCN=C(N)N)NC(=O)CN)C(=O)N[C@@H](CCCCN)C(=O)N[C@@H](CCCN=C(N)N)C(=O)N[C@@H](CCCN=C(N)N)C(=O)N[C@@H](CCC(N)=O)C(=O)N[C@@H](CCCN=C(N)N)C(=O)N[C@@H](CCCN=C(N)N)C(=O)N[C@@H](CCCN=C(N)N)C(=O)N1CCC[C@H]1C(=O)N1CCC[C@H]1C(=O)O. The van der Waals surface area contributed by atoms with Crippen molar-refractivity contribution in [1.82, 2.24) is 57.7 Å². The third-order valence-electron chi connectivity index (χ3n) is 17.8. The molecule has 47 nitrogen and oxygen atoms in total. The fourth-order valence-corrected chi connectivity index (χ4v) is 12.1. The summed E-state index contributed by atoms with van der Waals surface area (Å²) in [5, 5.41) is 33.6. The van der Waals surface area contributed by atoms with Gasteiger partial charge in [-0.3, -0.25) is 87.5 Å². The molecule has 0 aliphatic carbocycles. The van der Waals surface area contributed by atoms with Crippen molar-refractivity contribution in [2.75, 3.05) is 72.0 Å². The van der Waals surface area contributed by atoms with Crippen LogP contribution < -0.4 is 140 Å². The van der Waals surface area contributed by atoms with E-state index in [9.17, 15) is 67.4 Å². The predicted molar refractivity (Wildman–Crippen MR) is 417 cm³/mol. The van der Waals surface area contributed by atoms with Crippen LogP contribution in [0, 0.1) is 0 Å². The molecule has 2 aliphatic rings. The third-order valence-corrected chi connectivity index (χ3v) is 17.8. The molecule has 2 saturated heterocycles. The van der Waals surface area contributed by atoms with Gasteiger partial charge in [0.25, 0.3) is 0 Å². The number of guanidine groups is 6. The van der Waals surface area contributed by atoms with Gasteiger partial charge >= 0.3 is 5.97 Å². The molecule has 112 heavy (non-hydrogen) atoms. The molecule has 0 bridgehead atoms. The Morgan fingerprint density at radius 1 is 0.321 bits per heavy atom. The molecule has 42 N–H and O–H groups in total. The molecule has 0 unspecified atom stereocenters. The van der Waals surface area contributed by atoms with Crippen LogP contribution in [0.5, 0.6) is 0 Å². The summed E-state index contributed by atoms with van der Waals surface area (Å²) in [6.07, 6.45) is 0.708. The van der Waals surface area contributed by atoms with E-state index in [0.717, 1.165) is 0 Å². The summed E-state index contributed by atoms with van der Waals surface area (Å²) in [7, 11) is 0. The minimum Gasteiger partial charge on any atom is -0.480 e. The normalized spacial score (nSPS) is 16.0. The van der Waals surface area contributed by atoms with Gasteiger partial charge in [0.05, 0.1) is 6.54 Å². The molecule has 12 amide bonds. The number of carboxylic acid groups (broad SMARTS) is 1. The van der Waals surface area contributed by atoms with E-state index in [0.29, 0.717) is 32.1 Å². The van der Waals surface area contributed by atoms with Gasteiger partial charge in [-0.2, -0.15) is 0 Å². The maximum atomic E-state index is 14.9. The summed E-state index contributed by atoms with van der Waals surface area (Å²) in [5.41, 5.74) is 89.8. The van der Waals surface area contributed by atoms with Crippen LogP contribution in [0.25, 0.3) is 0 Å². The molecule has 0 aromatic carbocycles. The molecule has 0 saturated carbocycles. The highest BCUT2D eigenvalue weighted by Gasteiger charge is 2.44. The Morgan fingerprint density at radius 3 is 0.839 bits per heavy atom. The summed E-state index contributed by atoms with van der Waals surface area (Å²) in [4.78, 5) is 209. The van der Waals surface area contributed by atoms with Crippen molar-refractivity contribution in [3.8, 4) is 0 Å². The zero-order chi connectivity index (χ0) is 83.8. The molecule has 2 aliphatic heterocycles. The average Bonchev–Trinajstić information content (AvgIpc) is 1.63. The number of carbonyl (C=O) groups excluding carboxylic acids is 12. The lowest BCUT2D eigenvalue weighted by atomic mass is 10.0. The number of nitrogens with zero attached hydrogens (tertiary/aromatic N) is 8. The van der Waals surface area contributed by atoms with E-state index in [1.54, 1.807) is 0 Å². The molecule has 0 aromatic rings. The van der Waals surface area contributed by atoms with Gasteiger partial charge in [0, 0.05) is 58.8 Å². The molecule has 2 fully saturated rings. The van der Waals surface area contributed by atoms with E-state index in [1.807, 2.05) is 0 Å². The zero-order valence-corrected chi connectivity index (χ0v) is 63.7. The van der Waals surface area contributed by atoms with Crippen molar-refractivity contribution in [2.45, 2.75) is 221 Å². The Morgan fingerprint density at radius 2 is 0.571 bits per heavy atom. The minimum atomic E-state index is -1.75. The molecule has 47 heteroatoms. The number of primary amides is 1. The lowest BCUT2D eigenvalue weighted by molar-refractivity contribution is -0.152. The first-order chi connectivity index (χ1) is 53.1. The molecule has 0 aromatic heterocycles. The maximum Gasteiger partial charge on any atom is 0.326 e. The Kier molecular flexibility index (Phi) is 46.1. The number of carbonyl (C=O) groups is 13. The molecule has 2 heterocycles. The van der Waals surface area contributed by atoms with Crippen LogP contribution >= 0.6 is 0 Å². The van der Waals surface area contributed by atoms with Crippen LogP contribution in [0.4, 0.5) is 0 Å². The standard InChI is InChI=1S/C65H123N33O14/c66-25-3-1-13-37(89-49(101)36(88-48(100)35-68)15-5-27-82-60(70)71)50(102)90-38(14-2-4-26-67)51(103)91-39(16-6-28-83-61(72)73)52(104)92-41(18-8-30-85-63(76)77)54(106)95-43(23-24-47(69)99)56(108)94-40(17-7-29-84-62(74)75)53(105)93-42(19-9-31-86-64(78)79)55(107)96-44(20-10-32-87-65(80)81)57(109)97-33-11-21-45(97)58(110)98-34-12-22-46(98)59(111)112/h36-46H,1-35,66-68H2,(H2,69,99)(H,88,100)(H,89,101)(H,90,102)(H,91,103)(H,92,104)(H,93,105)(H,94,108)(H,95,106)(H,96,107)(H,111,112)(H4,70,71,82)(H4,72,73,83)(H4,74,75,84)(H4,76,77,85)(H4,78,79,86)(H4,80,81,87)/t36-,37-,38-,39-,40-,41-,42-,43-,44-,45-,46-/m0/s1. The molecule has 0 radical (unpaired) electrons. The van der Waals surface area contributed by atoms with E-state index in [4.69, 9.17) is 91.7 Å². The predicted octanol–water partition coefficient (Wildman–Crippen LogP) is -11.8. The van der Waals surface area contributed by atoms with Crippen LogP contribution in [0.1, 0.15) is 154 Å². The topological polar surface area (TPSA) is 847 Å². The van der Waals surface area contributed by atoms with E-state index < -0.39 is 163 Å². The summed E-state index contributed by atoms with van der Waals surface area (Å²) < 4.78 is 0. The number of amides is 12. The van der Waals surface area contributed by atoms with Crippen LogP contribution in [-0.4, -0.2) is 266 Å². The quantitative estimate of drug-likeness (QED) is 0.0153. The van der Waals surface area contributed by atoms with Crippen LogP contribution in [0.2, 0.25) is 0 Å². The number of hydrogen-bond donors (Lipinski definition) is 26. The number of aliphatic carboxylic acids is 1. The Hall–Kier alpha value is -11.4. The average molecular weight is 1590 g/mol. The van der Waals surface area contributed by atoms with E-state index in [-0.39, 0.29) is 210 Å². The van der Waals surface area contributed by atoms with Crippen molar-refractivity contribution in [1.29, 1.82) is 0 Å². The number of carboxylic acids is 1. The Balaban J connectivity index is 2.74.